The minimum absolute atomic E-state index is 0.135. The van der Waals surface area contributed by atoms with Gasteiger partial charge in [0.25, 0.3) is 0 Å². The molecule has 2 aromatic heterocycles. The molecule has 8 nitrogen and oxygen atoms in total. The zero-order valence-electron chi connectivity index (χ0n) is 16.7. The number of rotatable bonds is 5. The second-order valence-corrected chi connectivity index (χ2v) is 7.88. The second-order valence-electron chi connectivity index (χ2n) is 7.88. The molecule has 1 unspecified atom stereocenters. The van der Waals surface area contributed by atoms with Crippen molar-refractivity contribution in [2.45, 2.75) is 44.8 Å². The Balaban J connectivity index is 1.31. The van der Waals surface area contributed by atoms with E-state index in [1.54, 1.807) is 6.33 Å². The molecular weight excluding hydrogens is 368 g/mol. The Kier molecular flexibility index (Phi) is 5.01. The van der Waals surface area contributed by atoms with E-state index in [1.807, 2.05) is 0 Å². The average molecular weight is 394 g/mol. The molecular formula is C21H26N6O2. The van der Waals surface area contributed by atoms with Crippen LogP contribution in [0.15, 0.2) is 35.4 Å². The first kappa shape index (κ1) is 18.3. The largest absolute Gasteiger partial charge is 0.474 e. The Morgan fingerprint density at radius 3 is 2.62 bits per heavy atom. The Morgan fingerprint density at radius 2 is 1.86 bits per heavy atom. The van der Waals surface area contributed by atoms with Gasteiger partial charge in [-0.3, -0.25) is 4.90 Å². The van der Waals surface area contributed by atoms with E-state index in [0.29, 0.717) is 11.8 Å². The van der Waals surface area contributed by atoms with Crippen molar-refractivity contribution in [2.24, 2.45) is 0 Å². The lowest BCUT2D eigenvalue weighted by atomic mass is 10.1. The summed E-state index contributed by atoms with van der Waals surface area (Å²) < 4.78 is 11.5. The van der Waals surface area contributed by atoms with Gasteiger partial charge in [-0.15, -0.1) is 0 Å². The summed E-state index contributed by atoms with van der Waals surface area (Å²) >= 11 is 0. The summed E-state index contributed by atoms with van der Waals surface area (Å²) in [5.41, 5.74) is 2.12. The molecule has 3 heterocycles. The molecule has 1 saturated carbocycles. The molecule has 2 fully saturated rings. The van der Waals surface area contributed by atoms with E-state index in [4.69, 9.17) is 9.26 Å². The minimum atomic E-state index is 0.135. The molecule has 29 heavy (non-hydrogen) atoms. The Morgan fingerprint density at radius 1 is 1.03 bits per heavy atom. The van der Waals surface area contributed by atoms with Gasteiger partial charge in [0.15, 0.2) is 6.33 Å². The normalized spacial score (nSPS) is 19.7. The first-order chi connectivity index (χ1) is 14.3. The Bertz CT molecular complexity index is 949. The number of nitrogens with zero attached hydrogens (tertiary/aromatic N) is 6. The second kappa shape index (κ2) is 7.94. The van der Waals surface area contributed by atoms with Gasteiger partial charge in [-0.1, -0.05) is 5.16 Å². The third-order valence-electron chi connectivity index (χ3n) is 6.13. The maximum Gasteiger partial charge on any atom is 0.243 e. The van der Waals surface area contributed by atoms with E-state index in [9.17, 15) is 0 Å². The van der Waals surface area contributed by atoms with Gasteiger partial charge in [0, 0.05) is 31.9 Å². The zero-order valence-corrected chi connectivity index (χ0v) is 16.7. The number of hydrogen-bond donors (Lipinski definition) is 0. The van der Waals surface area contributed by atoms with Crippen LogP contribution in [0.4, 0.5) is 5.69 Å². The van der Waals surface area contributed by atoms with Crippen molar-refractivity contribution >= 4 is 16.6 Å². The van der Waals surface area contributed by atoms with Crippen molar-refractivity contribution in [3.63, 3.8) is 0 Å². The Hall–Kier alpha value is -2.74. The van der Waals surface area contributed by atoms with Crippen LogP contribution in [-0.2, 0) is 0 Å². The summed E-state index contributed by atoms with van der Waals surface area (Å²) in [6.07, 6.45) is 8.06. The molecule has 1 aliphatic carbocycles. The van der Waals surface area contributed by atoms with Crippen LogP contribution in [0.25, 0.3) is 10.9 Å². The lowest BCUT2D eigenvalue weighted by molar-refractivity contribution is 0.164. The monoisotopic (exact) mass is 394 g/mol. The number of fused-ring (bicyclic) bond motifs is 1. The van der Waals surface area contributed by atoms with Crippen LogP contribution in [0.5, 0.6) is 5.88 Å². The Labute approximate surface area is 169 Å². The van der Waals surface area contributed by atoms with Gasteiger partial charge in [-0.25, -0.2) is 9.97 Å². The predicted molar refractivity (Wildman–Crippen MR) is 109 cm³/mol. The molecule has 1 atom stereocenters. The maximum atomic E-state index is 6.22. The third kappa shape index (κ3) is 3.76. The standard InChI is InChI=1S/C21H26N6O2/c1-15(20-24-14-25-29-20)26-8-10-27(11-9-26)16-6-7-19-18(12-16)21(23-13-22-19)28-17-4-2-3-5-17/h6-7,12-15,17H,2-5,8-11H2,1H3. The van der Waals surface area contributed by atoms with E-state index in [0.717, 1.165) is 49.9 Å². The van der Waals surface area contributed by atoms with Gasteiger partial charge >= 0.3 is 0 Å². The van der Waals surface area contributed by atoms with Crippen molar-refractivity contribution in [2.75, 3.05) is 31.1 Å². The van der Waals surface area contributed by atoms with Crippen molar-refractivity contribution in [3.8, 4) is 5.88 Å². The van der Waals surface area contributed by atoms with E-state index in [-0.39, 0.29) is 12.1 Å². The molecule has 0 radical (unpaired) electrons. The first-order valence-electron chi connectivity index (χ1n) is 10.4. The quantitative estimate of drug-likeness (QED) is 0.653. The molecule has 0 bridgehead atoms. The molecule has 8 heteroatoms. The van der Waals surface area contributed by atoms with Crippen molar-refractivity contribution in [1.82, 2.24) is 25.0 Å². The van der Waals surface area contributed by atoms with Crippen LogP contribution in [0.2, 0.25) is 0 Å². The summed E-state index contributed by atoms with van der Waals surface area (Å²) in [4.78, 5) is 17.8. The highest BCUT2D eigenvalue weighted by Crippen LogP contribution is 2.31. The smallest absolute Gasteiger partial charge is 0.243 e. The van der Waals surface area contributed by atoms with E-state index in [1.165, 1.54) is 24.9 Å². The summed E-state index contributed by atoms with van der Waals surface area (Å²) in [6.45, 7) is 5.88. The molecule has 1 aromatic carbocycles. The number of anilines is 1. The van der Waals surface area contributed by atoms with E-state index >= 15 is 0 Å². The number of aromatic nitrogens is 4. The highest BCUT2D eigenvalue weighted by molar-refractivity contribution is 5.86. The SMILES string of the molecule is CC(c1ncno1)N1CCN(c2ccc3ncnc(OC4CCCC4)c3c2)CC1. The summed E-state index contributed by atoms with van der Waals surface area (Å²) in [7, 11) is 0. The van der Waals surface area contributed by atoms with Gasteiger partial charge in [-0.2, -0.15) is 4.98 Å². The van der Waals surface area contributed by atoms with Crippen LogP contribution in [0.3, 0.4) is 0 Å². The fourth-order valence-corrected chi connectivity index (χ4v) is 4.36. The molecule has 1 saturated heterocycles. The van der Waals surface area contributed by atoms with E-state index in [2.05, 4.69) is 55.0 Å². The van der Waals surface area contributed by atoms with Crippen molar-refractivity contribution < 1.29 is 9.26 Å². The highest BCUT2D eigenvalue weighted by Gasteiger charge is 2.25. The molecule has 0 spiro atoms. The number of piperazine rings is 1. The average Bonchev–Trinajstić information content (AvgIpc) is 3.48. The van der Waals surface area contributed by atoms with Gasteiger partial charge in [-0.05, 0) is 50.8 Å². The fourth-order valence-electron chi connectivity index (χ4n) is 4.36. The molecule has 2 aliphatic rings. The lowest BCUT2D eigenvalue weighted by Gasteiger charge is -2.38. The van der Waals surface area contributed by atoms with Crippen LogP contribution in [0.1, 0.15) is 44.5 Å². The fraction of sp³-hybridized carbons (Fsp3) is 0.524. The first-order valence-corrected chi connectivity index (χ1v) is 10.4. The summed E-state index contributed by atoms with van der Waals surface area (Å²) in [6, 6.07) is 6.53. The number of benzene rings is 1. The topological polar surface area (TPSA) is 80.4 Å². The van der Waals surface area contributed by atoms with Gasteiger partial charge in [0.05, 0.1) is 16.9 Å². The summed E-state index contributed by atoms with van der Waals surface area (Å²) in [5.74, 6) is 1.39. The maximum absolute atomic E-state index is 6.22. The van der Waals surface area contributed by atoms with Crippen molar-refractivity contribution in [3.05, 3.63) is 36.7 Å². The van der Waals surface area contributed by atoms with Crippen LogP contribution < -0.4 is 9.64 Å². The predicted octanol–water partition coefficient (Wildman–Crippen LogP) is 3.22. The van der Waals surface area contributed by atoms with Crippen LogP contribution in [0, 0.1) is 0 Å². The van der Waals surface area contributed by atoms with Crippen LogP contribution in [-0.4, -0.2) is 57.3 Å². The minimum Gasteiger partial charge on any atom is -0.474 e. The molecule has 1 aliphatic heterocycles. The van der Waals surface area contributed by atoms with Gasteiger partial charge < -0.3 is 14.2 Å². The highest BCUT2D eigenvalue weighted by atomic mass is 16.5. The van der Waals surface area contributed by atoms with E-state index < -0.39 is 0 Å². The molecule has 0 N–H and O–H groups in total. The molecule has 152 valence electrons. The lowest BCUT2D eigenvalue weighted by Crippen LogP contribution is -2.47. The molecule has 0 amide bonds. The summed E-state index contributed by atoms with van der Waals surface area (Å²) in [5, 5.41) is 4.73. The third-order valence-corrected chi connectivity index (χ3v) is 6.13. The van der Waals surface area contributed by atoms with Gasteiger partial charge in [0.1, 0.15) is 12.4 Å². The molecule has 5 rings (SSSR count). The van der Waals surface area contributed by atoms with Crippen LogP contribution >= 0.6 is 0 Å². The zero-order chi connectivity index (χ0) is 19.6. The number of hydrogen-bond acceptors (Lipinski definition) is 8. The van der Waals surface area contributed by atoms with Gasteiger partial charge in [0.2, 0.25) is 11.8 Å². The van der Waals surface area contributed by atoms with Crippen molar-refractivity contribution in [1.29, 1.82) is 0 Å². The molecule has 3 aromatic rings. The number of ether oxygens (including phenoxy) is 1.